The Morgan fingerprint density at radius 2 is 1.83 bits per heavy atom. The van der Waals surface area contributed by atoms with Crippen LogP contribution in [-0.4, -0.2) is 38.0 Å². The van der Waals surface area contributed by atoms with E-state index < -0.39 is 12.7 Å². The molecular weight excluding hydrogens is 245 g/mol. The summed E-state index contributed by atoms with van der Waals surface area (Å²) in [6.07, 6.45) is -4.28. The second-order valence-corrected chi connectivity index (χ2v) is 3.96. The molecule has 102 valence electrons. The highest BCUT2D eigenvalue weighted by Crippen LogP contribution is 2.22. The van der Waals surface area contributed by atoms with Gasteiger partial charge in [0.1, 0.15) is 6.54 Å². The topological polar surface area (TPSA) is 35.5 Å². The standard InChI is InChI=1S/C12H17F3N2O/c1-16-8-10-2-4-11(5-3-10)17(6-7-18)9-12(13,14)15/h2-5,16,18H,6-9H2,1H3. The lowest BCUT2D eigenvalue weighted by molar-refractivity contribution is -0.119. The van der Waals surface area contributed by atoms with E-state index in [4.69, 9.17) is 5.11 Å². The van der Waals surface area contributed by atoms with Crippen LogP contribution in [0.4, 0.5) is 18.9 Å². The van der Waals surface area contributed by atoms with Crippen molar-refractivity contribution in [1.82, 2.24) is 5.32 Å². The second-order valence-electron chi connectivity index (χ2n) is 3.96. The Hall–Kier alpha value is -1.27. The summed E-state index contributed by atoms with van der Waals surface area (Å²) in [6, 6.07) is 6.81. The number of rotatable bonds is 6. The minimum atomic E-state index is -4.28. The van der Waals surface area contributed by atoms with Crippen molar-refractivity contribution in [3.05, 3.63) is 29.8 Å². The van der Waals surface area contributed by atoms with Gasteiger partial charge in [-0.2, -0.15) is 13.2 Å². The van der Waals surface area contributed by atoms with Gasteiger partial charge in [0.25, 0.3) is 0 Å². The van der Waals surface area contributed by atoms with Crippen LogP contribution in [0, 0.1) is 0 Å². The molecule has 0 fully saturated rings. The SMILES string of the molecule is CNCc1ccc(N(CCO)CC(F)(F)F)cc1. The molecule has 2 N–H and O–H groups in total. The molecule has 0 unspecified atom stereocenters. The van der Waals surface area contributed by atoms with Gasteiger partial charge in [-0.3, -0.25) is 0 Å². The van der Waals surface area contributed by atoms with Gasteiger partial charge in [0.05, 0.1) is 6.61 Å². The van der Waals surface area contributed by atoms with Crippen LogP contribution < -0.4 is 10.2 Å². The molecule has 1 rings (SSSR count). The third kappa shape index (κ3) is 4.93. The molecule has 0 spiro atoms. The zero-order chi connectivity index (χ0) is 13.6. The summed E-state index contributed by atoms with van der Waals surface area (Å²) in [6.45, 7) is -0.738. The summed E-state index contributed by atoms with van der Waals surface area (Å²) in [5.41, 5.74) is 1.46. The van der Waals surface area contributed by atoms with E-state index in [1.165, 1.54) is 0 Å². The number of halogens is 3. The molecule has 0 heterocycles. The van der Waals surface area contributed by atoms with Crippen molar-refractivity contribution in [1.29, 1.82) is 0 Å². The van der Waals surface area contributed by atoms with Crippen molar-refractivity contribution in [2.24, 2.45) is 0 Å². The van der Waals surface area contributed by atoms with Crippen molar-refractivity contribution in [3.8, 4) is 0 Å². The molecular formula is C12H17F3N2O. The summed E-state index contributed by atoms with van der Waals surface area (Å²) in [5, 5.41) is 11.8. The first-order valence-corrected chi connectivity index (χ1v) is 5.62. The normalized spacial score (nSPS) is 11.6. The molecule has 1 aromatic rings. The number of alkyl halides is 3. The minimum Gasteiger partial charge on any atom is -0.395 e. The van der Waals surface area contributed by atoms with Crippen LogP contribution in [0.2, 0.25) is 0 Å². The largest absolute Gasteiger partial charge is 0.405 e. The molecule has 0 saturated carbocycles. The molecule has 0 bridgehead atoms. The van der Waals surface area contributed by atoms with E-state index in [9.17, 15) is 13.2 Å². The molecule has 0 aromatic heterocycles. The van der Waals surface area contributed by atoms with Gasteiger partial charge in [-0.25, -0.2) is 0 Å². The average Bonchev–Trinajstić information content (AvgIpc) is 2.28. The fraction of sp³-hybridized carbons (Fsp3) is 0.500. The van der Waals surface area contributed by atoms with Crippen molar-refractivity contribution in [2.75, 3.05) is 31.6 Å². The molecule has 0 aliphatic carbocycles. The highest BCUT2D eigenvalue weighted by Gasteiger charge is 2.30. The lowest BCUT2D eigenvalue weighted by Crippen LogP contribution is -2.36. The Labute approximate surface area is 104 Å². The molecule has 0 atom stereocenters. The number of nitrogens with one attached hydrogen (secondary N) is 1. The lowest BCUT2D eigenvalue weighted by Gasteiger charge is -2.25. The summed E-state index contributed by atoms with van der Waals surface area (Å²) >= 11 is 0. The van der Waals surface area contributed by atoms with Crippen LogP contribution in [-0.2, 0) is 6.54 Å². The third-order valence-electron chi connectivity index (χ3n) is 2.42. The van der Waals surface area contributed by atoms with Crippen LogP contribution in [0.3, 0.4) is 0 Å². The Kier molecular flexibility index (Phi) is 5.43. The predicted molar refractivity (Wildman–Crippen MR) is 64.6 cm³/mol. The molecule has 6 heteroatoms. The predicted octanol–water partition coefficient (Wildman–Crippen LogP) is 1.77. The van der Waals surface area contributed by atoms with Crippen molar-refractivity contribution < 1.29 is 18.3 Å². The zero-order valence-corrected chi connectivity index (χ0v) is 10.2. The monoisotopic (exact) mass is 262 g/mol. The number of aliphatic hydroxyl groups is 1. The first kappa shape index (κ1) is 14.8. The van der Waals surface area contributed by atoms with Gasteiger partial charge in [0.15, 0.2) is 0 Å². The average molecular weight is 262 g/mol. The molecule has 0 amide bonds. The van der Waals surface area contributed by atoms with Gasteiger partial charge in [0, 0.05) is 18.8 Å². The number of aliphatic hydroxyl groups excluding tert-OH is 1. The Balaban J connectivity index is 2.78. The van der Waals surface area contributed by atoms with Gasteiger partial charge >= 0.3 is 6.18 Å². The van der Waals surface area contributed by atoms with E-state index >= 15 is 0 Å². The zero-order valence-electron chi connectivity index (χ0n) is 10.2. The van der Waals surface area contributed by atoms with E-state index in [1.807, 2.05) is 0 Å². The van der Waals surface area contributed by atoms with Crippen LogP contribution in [0.5, 0.6) is 0 Å². The summed E-state index contributed by atoms with van der Waals surface area (Å²) in [7, 11) is 1.80. The maximum atomic E-state index is 12.4. The van der Waals surface area contributed by atoms with E-state index in [1.54, 1.807) is 31.3 Å². The molecule has 0 aliphatic rings. The summed E-state index contributed by atoms with van der Waals surface area (Å²) in [4.78, 5) is 1.11. The van der Waals surface area contributed by atoms with Gasteiger partial charge in [-0.1, -0.05) is 12.1 Å². The summed E-state index contributed by atoms with van der Waals surface area (Å²) in [5.74, 6) is 0. The van der Waals surface area contributed by atoms with E-state index in [0.29, 0.717) is 12.2 Å². The smallest absolute Gasteiger partial charge is 0.395 e. The Bertz CT molecular complexity index is 351. The van der Waals surface area contributed by atoms with Crippen LogP contribution in [0.15, 0.2) is 24.3 Å². The van der Waals surface area contributed by atoms with Crippen molar-refractivity contribution >= 4 is 5.69 Å². The number of nitrogens with zero attached hydrogens (tertiary/aromatic N) is 1. The van der Waals surface area contributed by atoms with Crippen LogP contribution in [0.1, 0.15) is 5.56 Å². The van der Waals surface area contributed by atoms with Crippen LogP contribution >= 0.6 is 0 Å². The number of benzene rings is 1. The van der Waals surface area contributed by atoms with Gasteiger partial charge in [-0.15, -0.1) is 0 Å². The Morgan fingerprint density at radius 3 is 2.28 bits per heavy atom. The maximum absolute atomic E-state index is 12.4. The molecule has 18 heavy (non-hydrogen) atoms. The van der Waals surface area contributed by atoms with E-state index in [2.05, 4.69) is 5.32 Å². The molecule has 1 aromatic carbocycles. The van der Waals surface area contributed by atoms with Crippen molar-refractivity contribution in [2.45, 2.75) is 12.7 Å². The molecule has 3 nitrogen and oxygen atoms in total. The highest BCUT2D eigenvalue weighted by atomic mass is 19.4. The molecule has 0 aliphatic heterocycles. The Morgan fingerprint density at radius 1 is 1.22 bits per heavy atom. The quantitative estimate of drug-likeness (QED) is 0.820. The fourth-order valence-corrected chi connectivity index (χ4v) is 1.67. The second kappa shape index (κ2) is 6.61. The number of anilines is 1. The van der Waals surface area contributed by atoms with Crippen molar-refractivity contribution in [3.63, 3.8) is 0 Å². The first-order valence-electron chi connectivity index (χ1n) is 5.62. The molecule has 0 radical (unpaired) electrons. The maximum Gasteiger partial charge on any atom is 0.405 e. The number of hydrogen-bond donors (Lipinski definition) is 2. The summed E-state index contributed by atoms with van der Waals surface area (Å²) < 4.78 is 37.1. The van der Waals surface area contributed by atoms with Gasteiger partial charge < -0.3 is 15.3 Å². The molecule has 0 saturated heterocycles. The van der Waals surface area contributed by atoms with E-state index in [0.717, 1.165) is 10.5 Å². The van der Waals surface area contributed by atoms with Gasteiger partial charge in [0.2, 0.25) is 0 Å². The first-order chi connectivity index (χ1) is 8.46. The third-order valence-corrected chi connectivity index (χ3v) is 2.42. The highest BCUT2D eigenvalue weighted by molar-refractivity contribution is 5.47. The van der Waals surface area contributed by atoms with E-state index in [-0.39, 0.29) is 13.2 Å². The lowest BCUT2D eigenvalue weighted by atomic mass is 10.2. The number of hydrogen-bond acceptors (Lipinski definition) is 3. The van der Waals surface area contributed by atoms with Crippen LogP contribution in [0.25, 0.3) is 0 Å². The fourth-order valence-electron chi connectivity index (χ4n) is 1.67. The minimum absolute atomic E-state index is 0.0368. The van der Waals surface area contributed by atoms with Gasteiger partial charge in [-0.05, 0) is 24.7 Å².